The van der Waals surface area contributed by atoms with Crippen molar-refractivity contribution in [2.24, 2.45) is 0 Å². The van der Waals surface area contributed by atoms with E-state index in [1.165, 1.54) is 5.56 Å². The smallest absolute Gasteiger partial charge is 0.138 e. The lowest BCUT2D eigenvalue weighted by Gasteiger charge is -2.05. The third-order valence-corrected chi connectivity index (χ3v) is 3.39. The van der Waals surface area contributed by atoms with Crippen LogP contribution in [0.4, 0.5) is 5.69 Å². The lowest BCUT2D eigenvalue weighted by Crippen LogP contribution is -1.87. The first kappa shape index (κ1) is 11.8. The number of H-pyrrole nitrogens is 1. The molecule has 19 heavy (non-hydrogen) atoms. The first-order valence-corrected chi connectivity index (χ1v) is 6.49. The van der Waals surface area contributed by atoms with Gasteiger partial charge in [0, 0.05) is 5.56 Å². The van der Waals surface area contributed by atoms with E-state index in [-0.39, 0.29) is 0 Å². The number of imidazole rings is 1. The Morgan fingerprint density at radius 2 is 1.79 bits per heavy atom. The van der Waals surface area contributed by atoms with Crippen LogP contribution < -0.4 is 5.73 Å². The van der Waals surface area contributed by atoms with Gasteiger partial charge in [0.15, 0.2) is 0 Å². The van der Waals surface area contributed by atoms with E-state index in [0.717, 1.165) is 22.4 Å². The highest BCUT2D eigenvalue weighted by Crippen LogP contribution is 2.25. The summed E-state index contributed by atoms with van der Waals surface area (Å²) in [4.78, 5) is 7.89. The number of fused-ring (bicyclic) bond motifs is 1. The van der Waals surface area contributed by atoms with Crippen molar-refractivity contribution in [2.45, 2.75) is 19.8 Å². The van der Waals surface area contributed by atoms with Gasteiger partial charge < -0.3 is 10.7 Å². The topological polar surface area (TPSA) is 54.7 Å². The Morgan fingerprint density at radius 1 is 1.05 bits per heavy atom. The highest BCUT2D eigenvalue weighted by atomic mass is 14.9. The molecule has 0 amide bonds. The Balaban J connectivity index is 2.06. The molecule has 0 saturated heterocycles. The molecule has 0 atom stereocenters. The van der Waals surface area contributed by atoms with Gasteiger partial charge in [-0.3, -0.25) is 0 Å². The maximum atomic E-state index is 5.93. The summed E-state index contributed by atoms with van der Waals surface area (Å²) in [5.74, 6) is 1.41. The number of nitrogen functional groups attached to an aromatic ring is 1. The van der Waals surface area contributed by atoms with E-state index in [1.807, 2.05) is 18.2 Å². The van der Waals surface area contributed by atoms with Crippen LogP contribution in [0.25, 0.3) is 22.4 Å². The number of nitrogens with zero attached hydrogens (tertiary/aromatic N) is 1. The molecule has 0 unspecified atom stereocenters. The molecule has 1 aromatic heterocycles. The molecule has 0 aliphatic heterocycles. The fourth-order valence-corrected chi connectivity index (χ4v) is 2.22. The summed E-state index contributed by atoms with van der Waals surface area (Å²) < 4.78 is 0. The van der Waals surface area contributed by atoms with Crippen molar-refractivity contribution in [2.75, 3.05) is 5.73 Å². The molecule has 3 rings (SSSR count). The van der Waals surface area contributed by atoms with Crippen molar-refractivity contribution in [1.82, 2.24) is 9.97 Å². The Bertz CT molecular complexity index is 708. The fourth-order valence-electron chi connectivity index (χ4n) is 2.22. The molecule has 0 aliphatic rings. The number of aromatic nitrogens is 2. The number of anilines is 1. The highest BCUT2D eigenvalue weighted by molar-refractivity contribution is 5.89. The van der Waals surface area contributed by atoms with Gasteiger partial charge in [-0.1, -0.05) is 44.2 Å². The number of rotatable bonds is 2. The molecule has 3 aromatic rings. The maximum absolute atomic E-state index is 5.93. The minimum Gasteiger partial charge on any atom is -0.397 e. The number of aromatic amines is 1. The summed E-state index contributed by atoms with van der Waals surface area (Å²) in [6.07, 6.45) is 0. The summed E-state index contributed by atoms with van der Waals surface area (Å²) >= 11 is 0. The van der Waals surface area contributed by atoms with Crippen LogP contribution in [0.5, 0.6) is 0 Å². The van der Waals surface area contributed by atoms with Crippen LogP contribution in [0.15, 0.2) is 42.5 Å². The average Bonchev–Trinajstić information content (AvgIpc) is 2.84. The second-order valence-electron chi connectivity index (χ2n) is 5.11. The number of nitrogens with two attached hydrogens (primary N) is 1. The highest BCUT2D eigenvalue weighted by Gasteiger charge is 2.07. The molecular weight excluding hydrogens is 234 g/mol. The fraction of sp³-hybridized carbons (Fsp3) is 0.188. The maximum Gasteiger partial charge on any atom is 0.138 e. The minimum atomic E-state index is 0.542. The standard InChI is InChI=1S/C16H17N3/c1-10(2)11-6-8-12(9-7-11)16-18-14-5-3-4-13(17)15(14)19-16/h3-10H,17H2,1-2H3,(H,18,19). The van der Waals surface area contributed by atoms with Crippen molar-refractivity contribution in [3.8, 4) is 11.4 Å². The van der Waals surface area contributed by atoms with Gasteiger partial charge in [-0.25, -0.2) is 4.98 Å². The van der Waals surface area contributed by atoms with Crippen molar-refractivity contribution in [1.29, 1.82) is 0 Å². The van der Waals surface area contributed by atoms with Crippen LogP contribution in [0.3, 0.4) is 0 Å². The molecule has 0 saturated carbocycles. The van der Waals surface area contributed by atoms with Crippen molar-refractivity contribution < 1.29 is 0 Å². The Kier molecular flexibility index (Phi) is 2.75. The van der Waals surface area contributed by atoms with Gasteiger partial charge in [0.1, 0.15) is 11.3 Å². The number of hydrogen-bond acceptors (Lipinski definition) is 2. The van der Waals surface area contributed by atoms with Gasteiger partial charge in [0.2, 0.25) is 0 Å². The predicted molar refractivity (Wildman–Crippen MR) is 80.0 cm³/mol. The van der Waals surface area contributed by atoms with E-state index >= 15 is 0 Å². The molecule has 3 nitrogen and oxygen atoms in total. The lowest BCUT2D eigenvalue weighted by atomic mass is 10.0. The van der Waals surface area contributed by atoms with Gasteiger partial charge >= 0.3 is 0 Å². The van der Waals surface area contributed by atoms with Gasteiger partial charge in [-0.15, -0.1) is 0 Å². The zero-order chi connectivity index (χ0) is 13.4. The summed E-state index contributed by atoms with van der Waals surface area (Å²) in [5.41, 5.74) is 10.9. The average molecular weight is 251 g/mol. The van der Waals surface area contributed by atoms with E-state index in [1.54, 1.807) is 0 Å². The summed E-state index contributed by atoms with van der Waals surface area (Å²) in [5, 5.41) is 0. The zero-order valence-electron chi connectivity index (χ0n) is 11.1. The van der Waals surface area contributed by atoms with Crippen molar-refractivity contribution in [3.63, 3.8) is 0 Å². The monoisotopic (exact) mass is 251 g/mol. The van der Waals surface area contributed by atoms with Gasteiger partial charge in [0.05, 0.1) is 11.2 Å². The van der Waals surface area contributed by atoms with Crippen LogP contribution in [-0.2, 0) is 0 Å². The van der Waals surface area contributed by atoms with Crippen molar-refractivity contribution in [3.05, 3.63) is 48.0 Å². The third-order valence-electron chi connectivity index (χ3n) is 3.39. The van der Waals surface area contributed by atoms with Gasteiger partial charge in [-0.05, 0) is 23.6 Å². The van der Waals surface area contributed by atoms with Crippen LogP contribution in [0.1, 0.15) is 25.3 Å². The van der Waals surface area contributed by atoms with E-state index in [4.69, 9.17) is 5.73 Å². The molecule has 0 fully saturated rings. The first-order valence-electron chi connectivity index (χ1n) is 6.49. The van der Waals surface area contributed by atoms with E-state index in [2.05, 4.69) is 48.1 Å². The van der Waals surface area contributed by atoms with E-state index in [9.17, 15) is 0 Å². The molecule has 0 bridgehead atoms. The second-order valence-corrected chi connectivity index (χ2v) is 5.11. The van der Waals surface area contributed by atoms with E-state index < -0.39 is 0 Å². The van der Waals surface area contributed by atoms with Crippen molar-refractivity contribution >= 4 is 16.7 Å². The molecule has 2 aromatic carbocycles. The Labute approximate surface area is 112 Å². The predicted octanol–water partition coefficient (Wildman–Crippen LogP) is 3.94. The van der Waals surface area contributed by atoms with Gasteiger partial charge in [-0.2, -0.15) is 0 Å². The number of para-hydroxylation sites is 1. The Hall–Kier alpha value is -2.29. The molecule has 0 aliphatic carbocycles. The Morgan fingerprint density at radius 3 is 2.42 bits per heavy atom. The number of nitrogens with one attached hydrogen (secondary N) is 1. The quantitative estimate of drug-likeness (QED) is 0.678. The molecule has 0 spiro atoms. The van der Waals surface area contributed by atoms with Crippen LogP contribution >= 0.6 is 0 Å². The molecule has 1 heterocycles. The zero-order valence-corrected chi connectivity index (χ0v) is 11.1. The number of hydrogen-bond donors (Lipinski definition) is 2. The SMILES string of the molecule is CC(C)c1ccc(-c2nc3c(N)cccc3[nH]2)cc1. The van der Waals surface area contributed by atoms with Crippen LogP contribution in [0.2, 0.25) is 0 Å². The summed E-state index contributed by atoms with van der Waals surface area (Å²) in [6.45, 7) is 4.38. The second kappa shape index (κ2) is 4.43. The lowest BCUT2D eigenvalue weighted by molar-refractivity contribution is 0.867. The third kappa shape index (κ3) is 2.08. The normalized spacial score (nSPS) is 11.3. The summed E-state index contributed by atoms with van der Waals surface area (Å²) in [7, 11) is 0. The molecule has 3 heteroatoms. The largest absolute Gasteiger partial charge is 0.397 e. The summed E-state index contributed by atoms with van der Waals surface area (Å²) in [6, 6.07) is 14.3. The molecule has 0 radical (unpaired) electrons. The van der Waals surface area contributed by atoms with Gasteiger partial charge in [0.25, 0.3) is 0 Å². The minimum absolute atomic E-state index is 0.542. The van der Waals surface area contributed by atoms with Crippen LogP contribution in [-0.4, -0.2) is 9.97 Å². The first-order chi connectivity index (χ1) is 9.15. The molecule has 3 N–H and O–H groups in total. The molecule has 96 valence electrons. The van der Waals surface area contributed by atoms with Crippen LogP contribution in [0, 0.1) is 0 Å². The molecular formula is C16H17N3. The van der Waals surface area contributed by atoms with E-state index in [0.29, 0.717) is 11.6 Å². The number of benzene rings is 2.